The molecule has 0 aromatic heterocycles. The first kappa shape index (κ1) is 14.8. The van der Waals surface area contributed by atoms with Crippen molar-refractivity contribution in [1.29, 1.82) is 0 Å². The summed E-state index contributed by atoms with van der Waals surface area (Å²) in [5.41, 5.74) is 1.93. The highest BCUT2D eigenvalue weighted by molar-refractivity contribution is 5.95. The number of aromatic carboxylic acids is 1. The highest BCUT2D eigenvalue weighted by atomic mass is 16.5. The quantitative estimate of drug-likeness (QED) is 0.860. The first-order valence-corrected chi connectivity index (χ1v) is 6.59. The van der Waals surface area contributed by atoms with Crippen molar-refractivity contribution >= 4 is 23.7 Å². The summed E-state index contributed by atoms with van der Waals surface area (Å²) < 4.78 is 4.63. The number of benzene rings is 1. The molecule has 1 aliphatic heterocycles. The molecule has 7 nitrogen and oxygen atoms in total. The summed E-state index contributed by atoms with van der Waals surface area (Å²) in [5.74, 6) is -1.43. The van der Waals surface area contributed by atoms with Gasteiger partial charge in [0.2, 0.25) is 5.91 Å². The largest absolute Gasteiger partial charge is 0.478 e. The Labute approximate surface area is 121 Å². The molecule has 112 valence electrons. The number of hydrogen-bond donors (Lipinski definition) is 2. The Bertz CT molecular complexity index is 585. The molecule has 0 saturated carbocycles. The van der Waals surface area contributed by atoms with Gasteiger partial charge < -0.3 is 14.7 Å². The molecule has 0 bridgehead atoms. The van der Waals surface area contributed by atoms with Crippen molar-refractivity contribution in [2.24, 2.45) is 0 Å². The van der Waals surface area contributed by atoms with Gasteiger partial charge in [-0.1, -0.05) is 0 Å². The zero-order chi connectivity index (χ0) is 15.4. The standard InChI is InChI=1S/C14H16N2O5/c1-2-21-14(20)15-12(17)8-16-6-5-9-7-10(13(18)19)3-4-11(9)16/h3-4,7H,2,5-6,8H2,1H3,(H,18,19)(H,15,17,20). The molecule has 1 aliphatic rings. The molecule has 0 aliphatic carbocycles. The van der Waals surface area contributed by atoms with E-state index in [-0.39, 0.29) is 18.7 Å². The third-order valence-electron chi connectivity index (χ3n) is 3.17. The minimum Gasteiger partial charge on any atom is -0.478 e. The van der Waals surface area contributed by atoms with Gasteiger partial charge in [0.05, 0.1) is 18.7 Å². The van der Waals surface area contributed by atoms with E-state index < -0.39 is 18.0 Å². The van der Waals surface area contributed by atoms with Gasteiger partial charge in [-0.15, -0.1) is 0 Å². The lowest BCUT2D eigenvalue weighted by molar-refractivity contribution is -0.119. The highest BCUT2D eigenvalue weighted by Crippen LogP contribution is 2.28. The van der Waals surface area contributed by atoms with E-state index in [4.69, 9.17) is 5.11 Å². The average Bonchev–Trinajstić information content (AvgIpc) is 2.81. The van der Waals surface area contributed by atoms with Gasteiger partial charge in [0, 0.05) is 12.2 Å². The Hall–Kier alpha value is -2.57. The normalized spacial score (nSPS) is 12.7. The Balaban J connectivity index is 2.01. The molecule has 2 N–H and O–H groups in total. The second-order valence-corrected chi connectivity index (χ2v) is 4.59. The maximum absolute atomic E-state index is 11.7. The van der Waals surface area contributed by atoms with Crippen molar-refractivity contribution in [2.45, 2.75) is 13.3 Å². The zero-order valence-electron chi connectivity index (χ0n) is 11.6. The minimum absolute atomic E-state index is 0.0260. The van der Waals surface area contributed by atoms with Crippen LogP contribution in [0.25, 0.3) is 0 Å². The van der Waals surface area contributed by atoms with E-state index in [9.17, 15) is 14.4 Å². The lowest BCUT2D eigenvalue weighted by Gasteiger charge is -2.18. The molecule has 21 heavy (non-hydrogen) atoms. The summed E-state index contributed by atoms with van der Waals surface area (Å²) in [4.78, 5) is 35.6. The average molecular weight is 292 g/mol. The van der Waals surface area contributed by atoms with Gasteiger partial charge in [-0.05, 0) is 37.1 Å². The Morgan fingerprint density at radius 2 is 2.14 bits per heavy atom. The summed E-state index contributed by atoms with van der Waals surface area (Å²) >= 11 is 0. The number of amides is 2. The van der Waals surface area contributed by atoms with Crippen LogP contribution in [0.3, 0.4) is 0 Å². The summed E-state index contributed by atoms with van der Waals surface area (Å²) in [5, 5.41) is 11.1. The first-order valence-electron chi connectivity index (χ1n) is 6.59. The van der Waals surface area contributed by atoms with Gasteiger partial charge >= 0.3 is 12.1 Å². The van der Waals surface area contributed by atoms with Crippen LogP contribution >= 0.6 is 0 Å². The smallest absolute Gasteiger partial charge is 0.413 e. The van der Waals surface area contributed by atoms with E-state index in [0.29, 0.717) is 13.0 Å². The molecular formula is C14H16N2O5. The van der Waals surface area contributed by atoms with Crippen LogP contribution in [0.2, 0.25) is 0 Å². The number of nitrogens with zero attached hydrogens (tertiary/aromatic N) is 1. The third-order valence-corrected chi connectivity index (χ3v) is 3.17. The molecule has 0 fully saturated rings. The lowest BCUT2D eigenvalue weighted by atomic mass is 10.1. The topological polar surface area (TPSA) is 95.9 Å². The van der Waals surface area contributed by atoms with Crippen molar-refractivity contribution in [3.63, 3.8) is 0 Å². The molecule has 1 heterocycles. The highest BCUT2D eigenvalue weighted by Gasteiger charge is 2.23. The number of nitrogens with one attached hydrogen (secondary N) is 1. The summed E-state index contributed by atoms with van der Waals surface area (Å²) in [6.45, 7) is 2.48. The molecule has 1 aromatic rings. The number of carboxylic acid groups (broad SMARTS) is 1. The van der Waals surface area contributed by atoms with Crippen molar-refractivity contribution in [2.75, 3.05) is 24.6 Å². The fourth-order valence-electron chi connectivity index (χ4n) is 2.26. The number of ether oxygens (including phenoxy) is 1. The maximum Gasteiger partial charge on any atom is 0.413 e. The lowest BCUT2D eigenvalue weighted by Crippen LogP contribution is -2.39. The van der Waals surface area contributed by atoms with E-state index in [1.165, 1.54) is 6.07 Å². The van der Waals surface area contributed by atoms with Crippen LogP contribution in [0.1, 0.15) is 22.8 Å². The number of fused-ring (bicyclic) bond motifs is 1. The Morgan fingerprint density at radius 1 is 1.38 bits per heavy atom. The van der Waals surface area contributed by atoms with E-state index >= 15 is 0 Å². The van der Waals surface area contributed by atoms with Crippen molar-refractivity contribution in [3.05, 3.63) is 29.3 Å². The molecule has 7 heteroatoms. The third kappa shape index (κ3) is 3.50. The van der Waals surface area contributed by atoms with Crippen LogP contribution < -0.4 is 10.2 Å². The molecule has 1 aromatic carbocycles. The zero-order valence-corrected chi connectivity index (χ0v) is 11.6. The van der Waals surface area contributed by atoms with Gasteiger partial charge in [-0.2, -0.15) is 0 Å². The molecular weight excluding hydrogens is 276 g/mol. The van der Waals surface area contributed by atoms with E-state index in [0.717, 1.165) is 11.3 Å². The number of carbonyl (C=O) groups is 3. The molecule has 0 atom stereocenters. The summed E-state index contributed by atoms with van der Waals surface area (Å²) in [6.07, 6.45) is -0.0912. The summed E-state index contributed by atoms with van der Waals surface area (Å²) in [7, 11) is 0. The van der Waals surface area contributed by atoms with Crippen molar-refractivity contribution < 1.29 is 24.2 Å². The monoisotopic (exact) mass is 292 g/mol. The number of imide groups is 1. The van der Waals surface area contributed by atoms with Crippen LogP contribution in [0.4, 0.5) is 10.5 Å². The van der Waals surface area contributed by atoms with E-state index in [2.05, 4.69) is 10.1 Å². The maximum atomic E-state index is 11.7. The van der Waals surface area contributed by atoms with Gasteiger partial charge in [0.1, 0.15) is 0 Å². The molecule has 2 amide bonds. The fourth-order valence-corrected chi connectivity index (χ4v) is 2.26. The number of carboxylic acids is 1. The Morgan fingerprint density at radius 3 is 2.81 bits per heavy atom. The van der Waals surface area contributed by atoms with Gasteiger partial charge in [0.15, 0.2) is 0 Å². The SMILES string of the molecule is CCOC(=O)NC(=O)CN1CCc2cc(C(=O)O)ccc21. The molecule has 0 spiro atoms. The number of hydrogen-bond acceptors (Lipinski definition) is 5. The van der Waals surface area contributed by atoms with Crippen LogP contribution in [-0.4, -0.2) is 42.8 Å². The van der Waals surface area contributed by atoms with Crippen LogP contribution in [0, 0.1) is 0 Å². The summed E-state index contributed by atoms with van der Waals surface area (Å²) in [6, 6.07) is 4.80. The van der Waals surface area contributed by atoms with Crippen LogP contribution in [-0.2, 0) is 16.0 Å². The first-order chi connectivity index (χ1) is 10.0. The van der Waals surface area contributed by atoms with E-state index in [1.807, 2.05) is 0 Å². The molecule has 0 radical (unpaired) electrons. The molecule has 0 saturated heterocycles. The number of anilines is 1. The number of carbonyl (C=O) groups excluding carboxylic acids is 2. The van der Waals surface area contributed by atoms with Gasteiger partial charge in [-0.3, -0.25) is 10.1 Å². The second-order valence-electron chi connectivity index (χ2n) is 4.59. The molecule has 0 unspecified atom stereocenters. The fraction of sp³-hybridized carbons (Fsp3) is 0.357. The van der Waals surface area contributed by atoms with Crippen molar-refractivity contribution in [1.82, 2.24) is 5.32 Å². The van der Waals surface area contributed by atoms with Crippen LogP contribution in [0.5, 0.6) is 0 Å². The van der Waals surface area contributed by atoms with E-state index in [1.54, 1.807) is 24.0 Å². The predicted molar refractivity (Wildman–Crippen MR) is 74.5 cm³/mol. The number of alkyl carbamates (subject to hydrolysis) is 1. The second kappa shape index (κ2) is 6.25. The Kier molecular flexibility index (Phi) is 4.42. The van der Waals surface area contributed by atoms with Gasteiger partial charge in [-0.25, -0.2) is 9.59 Å². The van der Waals surface area contributed by atoms with Crippen molar-refractivity contribution in [3.8, 4) is 0 Å². The van der Waals surface area contributed by atoms with Crippen LogP contribution in [0.15, 0.2) is 18.2 Å². The predicted octanol–water partition coefficient (Wildman–Crippen LogP) is 1.02. The van der Waals surface area contributed by atoms with Gasteiger partial charge in [0.25, 0.3) is 0 Å². The minimum atomic E-state index is -0.976. The molecule has 2 rings (SSSR count). The number of rotatable bonds is 4.